The van der Waals surface area contributed by atoms with E-state index in [-0.39, 0.29) is 17.8 Å². The second kappa shape index (κ2) is 19.9. The van der Waals surface area contributed by atoms with Crippen LogP contribution in [0.15, 0.2) is 65.8 Å². The van der Waals surface area contributed by atoms with Crippen LogP contribution in [-0.2, 0) is 29.8 Å². The lowest BCUT2D eigenvalue weighted by Crippen LogP contribution is -2.39. The minimum Gasteiger partial charge on any atom is -0.497 e. The van der Waals surface area contributed by atoms with Crippen LogP contribution in [0.2, 0.25) is 0 Å². The zero-order valence-corrected chi connectivity index (χ0v) is 50.6. The third kappa shape index (κ3) is 7.25. The van der Waals surface area contributed by atoms with Crippen LogP contribution in [0.3, 0.4) is 0 Å². The summed E-state index contributed by atoms with van der Waals surface area (Å²) in [5.41, 5.74) is 26.7. The quantitative estimate of drug-likeness (QED) is 0.0664. The van der Waals surface area contributed by atoms with E-state index in [0.717, 1.165) is 41.9 Å². The molecule has 12 aliphatic rings. The number of hydrogen-bond donors (Lipinski definition) is 2. The van der Waals surface area contributed by atoms with E-state index in [1.54, 1.807) is 52.5 Å². The van der Waals surface area contributed by atoms with E-state index < -0.39 is 24.3 Å². The molecule has 1 fully saturated rings. The van der Waals surface area contributed by atoms with Crippen LogP contribution >= 0.6 is 0 Å². The number of fused-ring (bicyclic) bond motifs is 4. The topological polar surface area (TPSA) is 154 Å². The number of methoxy groups -OCH3 is 2. The number of hydrogen-bond acceptors (Lipinski definition) is 8. The smallest absolute Gasteiger partial charge is 0.308 e. The molecular weight excluding hydrogens is 1040 g/mol. The van der Waals surface area contributed by atoms with Gasteiger partial charge in [-0.25, -0.2) is 0 Å². The van der Waals surface area contributed by atoms with Crippen LogP contribution < -0.4 is 9.47 Å². The Bertz CT molecular complexity index is 3660. The van der Waals surface area contributed by atoms with Crippen LogP contribution in [0.1, 0.15) is 253 Å². The zero-order chi connectivity index (χ0) is 57.0. The molecule has 10 nitrogen and oxygen atoms in total. The molecule has 0 heterocycles. The van der Waals surface area contributed by atoms with Crippen LogP contribution in [0.4, 0.5) is 0 Å². The highest BCUT2D eigenvalue weighted by Crippen LogP contribution is 2.79. The van der Waals surface area contributed by atoms with Gasteiger partial charge in [-0.1, -0.05) is 77.5 Å². The van der Waals surface area contributed by atoms with E-state index >= 15 is 0 Å². The lowest BCUT2D eigenvalue weighted by Gasteiger charge is -2.41. The van der Waals surface area contributed by atoms with Crippen LogP contribution in [0.5, 0.6) is 11.5 Å². The van der Waals surface area contributed by atoms with Crippen LogP contribution in [-0.4, -0.2) is 56.8 Å². The summed E-state index contributed by atoms with van der Waals surface area (Å²) in [6, 6.07) is 17.9. The van der Waals surface area contributed by atoms with Gasteiger partial charge in [-0.15, -0.1) is 0 Å². The molecule has 5 aromatic carbocycles. The van der Waals surface area contributed by atoms with Gasteiger partial charge in [-0.3, -0.25) is 13.9 Å². The Labute approximate surface area is 475 Å². The molecule has 12 aliphatic carbocycles. The van der Waals surface area contributed by atoms with Gasteiger partial charge in [0.25, 0.3) is 20.2 Å². The molecule has 17 rings (SSSR count). The van der Waals surface area contributed by atoms with E-state index in [1.165, 1.54) is 82.3 Å². The minimum absolute atomic E-state index is 0.115. The Hall–Kier alpha value is -4.85. The van der Waals surface area contributed by atoms with Crippen molar-refractivity contribution < 1.29 is 44.9 Å². The Morgan fingerprint density at radius 2 is 0.988 bits per heavy atom. The number of benzene rings is 5. The molecule has 0 spiro atoms. The van der Waals surface area contributed by atoms with Crippen molar-refractivity contribution in [3.05, 3.63) is 133 Å². The van der Waals surface area contributed by atoms with E-state index in [1.807, 2.05) is 104 Å². The number of ether oxygens (including phenoxy) is 3. The van der Waals surface area contributed by atoms with E-state index in [0.29, 0.717) is 55.1 Å². The highest BCUT2D eigenvalue weighted by atomic mass is 32.3. The first-order chi connectivity index (χ1) is 38.5. The van der Waals surface area contributed by atoms with Crippen molar-refractivity contribution in [2.75, 3.05) is 20.8 Å². The Balaban J connectivity index is 0.000000266. The monoisotopic (exact) mass is 1120 g/mol. The van der Waals surface area contributed by atoms with Gasteiger partial charge in [-0.05, 0) is 268 Å². The maximum Gasteiger partial charge on any atom is 0.308 e. The molecule has 0 aliphatic heterocycles. The van der Waals surface area contributed by atoms with Crippen LogP contribution in [0, 0.1) is 23.7 Å². The summed E-state index contributed by atoms with van der Waals surface area (Å²) in [5.74, 6) is 9.33. The van der Waals surface area contributed by atoms with Crippen molar-refractivity contribution >= 4 is 53.3 Å². The van der Waals surface area contributed by atoms with Gasteiger partial charge in [0.1, 0.15) is 11.5 Å². The lowest BCUT2D eigenvalue weighted by atomic mass is 9.63. The summed E-state index contributed by atoms with van der Waals surface area (Å²) < 4.78 is 71.4. The fraction of sp³-hybridized carbons (Fsp3) is 0.544. The number of esters is 1. The summed E-state index contributed by atoms with van der Waals surface area (Å²) in [7, 11) is -6.12. The molecule has 12 heteroatoms. The summed E-state index contributed by atoms with van der Waals surface area (Å²) in [4.78, 5) is 12.2. The molecule has 80 heavy (non-hydrogen) atoms. The van der Waals surface area contributed by atoms with Crippen molar-refractivity contribution in [3.8, 4) is 11.5 Å². The summed E-state index contributed by atoms with van der Waals surface area (Å²) in [5, 5.41) is 7.10. The highest BCUT2D eigenvalue weighted by Gasteiger charge is 2.63. The average Bonchev–Trinajstić information content (AvgIpc) is 1.55. The molecule has 426 valence electrons. The molecule has 1 saturated carbocycles. The SMILES string of the molecule is CC.CC.CC.CC(C)(S(=O)(=O)O)S(=O)(=O)O.CCOC.COc1ccc(C(c2ccc(OC(C)=O)cc2)C2c3c4c5c6c7c8c9c%10c%11c%12c(c2c%10c37)C2C3=CC7=C4C4CCC7C3CCC2C%12CCC%11C9CCC8C6CCC54)cc1. The summed E-state index contributed by atoms with van der Waals surface area (Å²) >= 11 is 0. The fourth-order valence-corrected chi connectivity index (χ4v) is 20.1. The van der Waals surface area contributed by atoms with E-state index in [9.17, 15) is 21.6 Å². The number of carbonyl (C=O) groups is 1. The standard InChI is InChI=1S/C56H48O3.C3H8O6S2.C3H8O.3C2H6/c1-22(57)59-26-9-5-24(6-10-26)39(23-3-7-25(58-2)8-4-23)48-53-49-40-29-13-11-27-28-12-14-30-32-16-18-34-36-20-19-35-33-17-15-31(29)42(49)44(33)51-46(35)47(36)52-45(34)43(32)50(54(48)56(52)55(51)53)41(30)38(28)21-37(27)40;1-3(2,10(4,5)6)11(7,8)9;1-3-4-2;3*1-2/h3-10,21,27-36,39-40,48H,11-20H2,1-2H3;1-2H3,(H,4,5,6)(H,7,8,9);3H2,1-2H3;3*1-2H3. The van der Waals surface area contributed by atoms with Crippen molar-refractivity contribution in [1.29, 1.82) is 0 Å². The molecule has 13 unspecified atom stereocenters. The van der Waals surface area contributed by atoms with Gasteiger partial charge in [-0.2, -0.15) is 16.8 Å². The molecule has 0 saturated heterocycles. The normalized spacial score (nSPS) is 29.4. The minimum atomic E-state index is -4.80. The summed E-state index contributed by atoms with van der Waals surface area (Å²) in [6.07, 6.45) is 16.9. The number of allylic oxidation sites excluding steroid dienone is 4. The van der Waals surface area contributed by atoms with Gasteiger partial charge in [0, 0.05) is 38.4 Å². The third-order valence-electron chi connectivity index (χ3n) is 21.7. The molecule has 13 atom stereocenters. The van der Waals surface area contributed by atoms with Gasteiger partial charge in [0.2, 0.25) is 4.08 Å². The highest BCUT2D eigenvalue weighted by molar-refractivity contribution is 8.05. The van der Waals surface area contributed by atoms with Gasteiger partial charge in [0.15, 0.2) is 0 Å². The first-order valence-electron chi connectivity index (χ1n) is 30.5. The first-order valence-corrected chi connectivity index (χ1v) is 33.4. The Morgan fingerprint density at radius 1 is 0.550 bits per heavy atom. The molecule has 2 N–H and O–H groups in total. The van der Waals surface area contributed by atoms with Gasteiger partial charge < -0.3 is 14.2 Å². The number of carbonyl (C=O) groups excluding carboxylic acids is 1. The number of rotatable bonds is 8. The largest absolute Gasteiger partial charge is 0.497 e. The molecular formula is C68H82O10S2. The molecule has 0 aromatic heterocycles. The molecule has 5 aromatic rings. The summed E-state index contributed by atoms with van der Waals surface area (Å²) in [6.45, 7) is 17.6. The predicted molar refractivity (Wildman–Crippen MR) is 319 cm³/mol. The maximum atomic E-state index is 12.2. The fourth-order valence-electron chi connectivity index (χ4n) is 19.1. The van der Waals surface area contributed by atoms with E-state index in [4.69, 9.17) is 18.6 Å². The Morgan fingerprint density at radius 3 is 1.48 bits per heavy atom. The molecule has 0 amide bonds. The van der Waals surface area contributed by atoms with E-state index in [2.05, 4.69) is 59.3 Å². The van der Waals surface area contributed by atoms with Crippen molar-refractivity contribution in [2.45, 2.75) is 191 Å². The third-order valence-corrected chi connectivity index (χ3v) is 25.4. The van der Waals surface area contributed by atoms with Crippen molar-refractivity contribution in [1.82, 2.24) is 0 Å². The van der Waals surface area contributed by atoms with Gasteiger partial charge in [0.05, 0.1) is 7.11 Å². The average molecular weight is 1120 g/mol. The second-order valence-electron chi connectivity index (χ2n) is 24.4. The molecule has 0 radical (unpaired) electrons. The van der Waals surface area contributed by atoms with Crippen LogP contribution in [0.25, 0.3) is 27.1 Å². The second-order valence-corrected chi connectivity index (χ2v) is 28.6. The zero-order valence-electron chi connectivity index (χ0n) is 49.0. The van der Waals surface area contributed by atoms with Crippen molar-refractivity contribution in [2.24, 2.45) is 23.7 Å². The first kappa shape index (κ1) is 55.7. The van der Waals surface area contributed by atoms with Crippen molar-refractivity contribution in [3.63, 3.8) is 0 Å². The van der Waals surface area contributed by atoms with Gasteiger partial charge >= 0.3 is 5.97 Å². The lowest BCUT2D eigenvalue weighted by molar-refractivity contribution is -0.131. The molecule has 8 bridgehead atoms. The Kier molecular flexibility index (Phi) is 13.9. The maximum absolute atomic E-state index is 12.2. The predicted octanol–water partition coefficient (Wildman–Crippen LogP) is 16.2.